The average molecular weight is 202 g/mol. The van der Waals surface area contributed by atoms with E-state index in [1.807, 2.05) is 12.1 Å². The molecule has 1 atom stereocenters. The van der Waals surface area contributed by atoms with Crippen molar-refractivity contribution in [3.63, 3.8) is 0 Å². The zero-order valence-corrected chi connectivity index (χ0v) is 9.20. The summed E-state index contributed by atoms with van der Waals surface area (Å²) >= 11 is 0. The molecular formula is C13H16NO. The molecule has 0 fully saturated rings. The van der Waals surface area contributed by atoms with Gasteiger partial charge >= 0.3 is 0 Å². The van der Waals surface area contributed by atoms with Crippen LogP contribution in [-0.4, -0.2) is 11.7 Å². The lowest BCUT2D eigenvalue weighted by Crippen LogP contribution is -2.01. The third kappa shape index (κ3) is 2.81. The Bertz CT molecular complexity index is 377. The number of hydrogen-bond donors (Lipinski definition) is 1. The molecule has 1 aromatic carbocycles. The van der Waals surface area contributed by atoms with Crippen LogP contribution in [0.5, 0.6) is 0 Å². The Hall–Kier alpha value is -1.33. The molecule has 2 heteroatoms. The Kier molecular flexibility index (Phi) is 3.88. The highest BCUT2D eigenvalue weighted by Crippen LogP contribution is 2.22. The van der Waals surface area contributed by atoms with E-state index in [1.165, 1.54) is 0 Å². The maximum atomic E-state index is 9.04. The van der Waals surface area contributed by atoms with Gasteiger partial charge in [-0.1, -0.05) is 19.9 Å². The lowest BCUT2D eigenvalue weighted by molar-refractivity contribution is 0.282. The van der Waals surface area contributed by atoms with Crippen molar-refractivity contribution >= 4 is 0 Å². The van der Waals surface area contributed by atoms with Gasteiger partial charge in [-0.25, -0.2) is 0 Å². The quantitative estimate of drug-likeness (QED) is 0.818. The monoisotopic (exact) mass is 202 g/mol. The summed E-state index contributed by atoms with van der Waals surface area (Å²) in [4.78, 5) is 0. The minimum absolute atomic E-state index is 0.00637. The van der Waals surface area contributed by atoms with E-state index in [0.717, 1.165) is 11.1 Å². The number of hydrogen-bond acceptors (Lipinski definition) is 2. The minimum atomic E-state index is -0.157. The third-order valence-corrected chi connectivity index (χ3v) is 2.47. The molecule has 0 saturated carbocycles. The second-order valence-corrected chi connectivity index (χ2v) is 4.03. The van der Waals surface area contributed by atoms with Crippen molar-refractivity contribution in [2.45, 2.75) is 25.7 Å². The molecule has 1 N–H and O–H groups in total. The number of benzene rings is 1. The molecule has 0 aliphatic rings. The summed E-state index contributed by atoms with van der Waals surface area (Å²) < 4.78 is 0. The van der Waals surface area contributed by atoms with E-state index in [4.69, 9.17) is 10.4 Å². The summed E-state index contributed by atoms with van der Waals surface area (Å²) in [6.45, 7) is 8.01. The number of nitriles is 1. The van der Waals surface area contributed by atoms with Crippen LogP contribution in [0.1, 0.15) is 42.4 Å². The van der Waals surface area contributed by atoms with Gasteiger partial charge in [-0.2, -0.15) is 5.26 Å². The molecule has 0 amide bonds. The Morgan fingerprint density at radius 1 is 1.33 bits per heavy atom. The molecular weight excluding hydrogens is 186 g/mol. The molecule has 0 bridgehead atoms. The first-order valence-corrected chi connectivity index (χ1v) is 5.07. The van der Waals surface area contributed by atoms with E-state index in [9.17, 15) is 0 Å². The molecule has 2 nitrogen and oxygen atoms in total. The van der Waals surface area contributed by atoms with Crippen molar-refractivity contribution in [3.8, 4) is 6.07 Å². The van der Waals surface area contributed by atoms with Crippen LogP contribution in [0.4, 0.5) is 0 Å². The summed E-state index contributed by atoms with van der Waals surface area (Å²) in [5.41, 5.74) is 2.68. The normalized spacial score (nSPS) is 12.5. The average Bonchev–Trinajstić information content (AvgIpc) is 2.27. The summed E-state index contributed by atoms with van der Waals surface area (Å²) in [6.07, 6.45) is 0. The van der Waals surface area contributed by atoms with Gasteiger partial charge < -0.3 is 5.11 Å². The SMILES string of the molecule is [CH2]C(CO)c1cc(C#N)cc(C(C)C)c1. The van der Waals surface area contributed by atoms with Gasteiger partial charge in [0.15, 0.2) is 0 Å². The van der Waals surface area contributed by atoms with E-state index in [2.05, 4.69) is 26.8 Å². The van der Waals surface area contributed by atoms with Crippen LogP contribution in [-0.2, 0) is 0 Å². The van der Waals surface area contributed by atoms with Gasteiger partial charge in [0.2, 0.25) is 0 Å². The largest absolute Gasteiger partial charge is 0.396 e. The van der Waals surface area contributed by atoms with Crippen LogP contribution in [0.2, 0.25) is 0 Å². The molecule has 1 rings (SSSR count). The Morgan fingerprint density at radius 2 is 1.93 bits per heavy atom. The maximum absolute atomic E-state index is 9.04. The van der Waals surface area contributed by atoms with Gasteiger partial charge in [0, 0.05) is 12.5 Å². The van der Waals surface area contributed by atoms with Gasteiger partial charge in [-0.3, -0.25) is 0 Å². The molecule has 15 heavy (non-hydrogen) atoms. The summed E-state index contributed by atoms with van der Waals surface area (Å²) in [5, 5.41) is 17.9. The smallest absolute Gasteiger partial charge is 0.0991 e. The van der Waals surface area contributed by atoms with Gasteiger partial charge in [-0.15, -0.1) is 0 Å². The van der Waals surface area contributed by atoms with Crippen LogP contribution >= 0.6 is 0 Å². The van der Waals surface area contributed by atoms with Crippen LogP contribution < -0.4 is 0 Å². The Morgan fingerprint density at radius 3 is 2.40 bits per heavy atom. The topological polar surface area (TPSA) is 44.0 Å². The van der Waals surface area contributed by atoms with E-state index in [-0.39, 0.29) is 12.5 Å². The first-order chi connectivity index (χ1) is 7.08. The number of aliphatic hydroxyl groups is 1. The van der Waals surface area contributed by atoms with Crippen molar-refractivity contribution in [2.75, 3.05) is 6.61 Å². The second kappa shape index (κ2) is 4.95. The highest BCUT2D eigenvalue weighted by molar-refractivity contribution is 5.40. The maximum Gasteiger partial charge on any atom is 0.0991 e. The summed E-state index contributed by atoms with van der Waals surface area (Å²) in [7, 11) is 0. The molecule has 0 aliphatic carbocycles. The number of aliphatic hydroxyl groups excluding tert-OH is 1. The van der Waals surface area contributed by atoms with Gasteiger partial charge in [-0.05, 0) is 36.1 Å². The van der Waals surface area contributed by atoms with Crippen LogP contribution in [0.25, 0.3) is 0 Å². The Balaban J connectivity index is 3.18. The highest BCUT2D eigenvalue weighted by Gasteiger charge is 2.09. The molecule has 79 valence electrons. The van der Waals surface area contributed by atoms with Crippen molar-refractivity contribution in [1.82, 2.24) is 0 Å². The predicted octanol–water partition coefficient (Wildman–Crippen LogP) is 2.59. The minimum Gasteiger partial charge on any atom is -0.396 e. The fraction of sp³-hybridized carbons (Fsp3) is 0.385. The second-order valence-electron chi connectivity index (χ2n) is 4.03. The predicted molar refractivity (Wildman–Crippen MR) is 60.4 cm³/mol. The van der Waals surface area contributed by atoms with Crippen molar-refractivity contribution in [2.24, 2.45) is 0 Å². The Labute approximate surface area is 91.2 Å². The van der Waals surface area contributed by atoms with E-state index in [0.29, 0.717) is 11.5 Å². The van der Waals surface area contributed by atoms with E-state index < -0.39 is 0 Å². The van der Waals surface area contributed by atoms with E-state index in [1.54, 1.807) is 6.07 Å². The highest BCUT2D eigenvalue weighted by atomic mass is 16.3. The summed E-state index contributed by atoms with van der Waals surface area (Å²) in [6, 6.07) is 7.82. The van der Waals surface area contributed by atoms with E-state index >= 15 is 0 Å². The van der Waals surface area contributed by atoms with Crippen molar-refractivity contribution in [3.05, 3.63) is 41.8 Å². The number of rotatable bonds is 3. The number of nitrogens with zero attached hydrogens (tertiary/aromatic N) is 1. The first kappa shape index (κ1) is 11.7. The zero-order chi connectivity index (χ0) is 11.4. The van der Waals surface area contributed by atoms with Gasteiger partial charge in [0.25, 0.3) is 0 Å². The van der Waals surface area contributed by atoms with Crippen molar-refractivity contribution in [1.29, 1.82) is 5.26 Å². The zero-order valence-electron chi connectivity index (χ0n) is 9.20. The molecule has 0 spiro atoms. The molecule has 1 aromatic rings. The molecule has 0 aromatic heterocycles. The lowest BCUT2D eigenvalue weighted by Gasteiger charge is -2.13. The first-order valence-electron chi connectivity index (χ1n) is 5.07. The van der Waals surface area contributed by atoms with Crippen molar-refractivity contribution < 1.29 is 5.11 Å². The lowest BCUT2D eigenvalue weighted by atomic mass is 9.93. The van der Waals surface area contributed by atoms with Gasteiger partial charge in [0.1, 0.15) is 0 Å². The van der Waals surface area contributed by atoms with Crippen LogP contribution in [0, 0.1) is 18.3 Å². The van der Waals surface area contributed by atoms with Crippen LogP contribution in [0.3, 0.4) is 0 Å². The molecule has 1 radical (unpaired) electrons. The summed E-state index contributed by atoms with van der Waals surface area (Å²) in [5.74, 6) is 0.221. The van der Waals surface area contributed by atoms with Crippen LogP contribution in [0.15, 0.2) is 18.2 Å². The standard InChI is InChI=1S/C13H16NO/c1-9(2)12-4-11(7-14)5-13(6-12)10(3)8-15/h4-6,9-10,15H,3,8H2,1-2H3. The molecule has 1 unspecified atom stereocenters. The third-order valence-electron chi connectivity index (χ3n) is 2.47. The molecule has 0 saturated heterocycles. The fourth-order valence-electron chi connectivity index (χ4n) is 1.42. The molecule has 0 aliphatic heterocycles. The van der Waals surface area contributed by atoms with Gasteiger partial charge in [0.05, 0.1) is 11.6 Å². The fourth-order valence-corrected chi connectivity index (χ4v) is 1.42. The molecule has 0 heterocycles.